The minimum absolute atomic E-state index is 0.0984. The third-order valence-electron chi connectivity index (χ3n) is 4.99. The number of benzene rings is 1. The lowest BCUT2D eigenvalue weighted by molar-refractivity contribution is -0.148. The average molecular weight is 330 g/mol. The van der Waals surface area contributed by atoms with Crippen LogP contribution >= 0.6 is 0 Å². The highest BCUT2D eigenvalue weighted by Crippen LogP contribution is 2.42. The van der Waals surface area contributed by atoms with E-state index in [1.54, 1.807) is 6.54 Å². The van der Waals surface area contributed by atoms with Crippen LogP contribution in [0.1, 0.15) is 63.6 Å². The zero-order chi connectivity index (χ0) is 17.7. The number of nitrogens with two attached hydrogens (primary N) is 1. The highest BCUT2D eigenvalue weighted by molar-refractivity contribution is 6.04. The number of carbonyl (C=O) groups is 2. The number of imide groups is 1. The van der Waals surface area contributed by atoms with Gasteiger partial charge in [-0.15, -0.1) is 0 Å². The fourth-order valence-electron chi connectivity index (χ4n) is 3.14. The number of nitrogens with zero attached hydrogens (tertiary/aromatic N) is 1. The van der Waals surface area contributed by atoms with Gasteiger partial charge in [-0.1, -0.05) is 51.5 Å². The lowest BCUT2D eigenvalue weighted by Gasteiger charge is -2.46. The van der Waals surface area contributed by atoms with Gasteiger partial charge in [0.15, 0.2) is 0 Å². The predicted molar refractivity (Wildman–Crippen MR) is 94.7 cm³/mol. The van der Waals surface area contributed by atoms with Gasteiger partial charge in [-0.2, -0.15) is 0 Å². The molecule has 131 valence electrons. The summed E-state index contributed by atoms with van der Waals surface area (Å²) < 4.78 is 0. The molecule has 5 nitrogen and oxygen atoms in total. The molecule has 1 aromatic carbocycles. The first kappa shape index (κ1) is 18.5. The molecular weight excluding hydrogens is 302 g/mol. The maximum atomic E-state index is 12.5. The van der Waals surface area contributed by atoms with E-state index in [0.717, 1.165) is 36.8 Å². The van der Waals surface area contributed by atoms with Crippen molar-refractivity contribution in [2.45, 2.75) is 59.0 Å². The van der Waals surface area contributed by atoms with Gasteiger partial charge in [-0.25, -0.2) is 4.79 Å². The minimum atomic E-state index is -0.458. The molecular formula is C19H28N3O2. The van der Waals surface area contributed by atoms with E-state index in [4.69, 9.17) is 5.73 Å². The fourth-order valence-corrected chi connectivity index (χ4v) is 3.14. The fraction of sp³-hybridized carbons (Fsp3) is 0.526. The molecule has 1 fully saturated rings. The highest BCUT2D eigenvalue weighted by atomic mass is 16.2. The molecule has 5 heteroatoms. The summed E-state index contributed by atoms with van der Waals surface area (Å²) in [6, 6.07) is 7.50. The molecule has 0 bridgehead atoms. The zero-order valence-corrected chi connectivity index (χ0v) is 14.8. The average Bonchev–Trinajstić information content (AvgIpc) is 2.61. The van der Waals surface area contributed by atoms with Crippen LogP contribution in [-0.2, 0) is 11.3 Å². The summed E-state index contributed by atoms with van der Waals surface area (Å²) in [5.41, 5.74) is 7.26. The van der Waals surface area contributed by atoms with E-state index in [0.29, 0.717) is 6.54 Å². The Bertz CT molecular complexity index is 579. The molecule has 2 rings (SSSR count). The molecule has 3 amide bonds. The van der Waals surface area contributed by atoms with Gasteiger partial charge >= 0.3 is 6.03 Å². The van der Waals surface area contributed by atoms with Gasteiger partial charge in [0.1, 0.15) is 0 Å². The topological polar surface area (TPSA) is 75.4 Å². The van der Waals surface area contributed by atoms with Crippen molar-refractivity contribution in [1.82, 2.24) is 10.2 Å². The molecule has 1 unspecified atom stereocenters. The van der Waals surface area contributed by atoms with E-state index in [2.05, 4.69) is 12.2 Å². The van der Waals surface area contributed by atoms with Gasteiger partial charge in [0.25, 0.3) is 0 Å². The third kappa shape index (κ3) is 3.46. The first-order valence-electron chi connectivity index (χ1n) is 8.80. The maximum Gasteiger partial charge on any atom is 0.324 e. The summed E-state index contributed by atoms with van der Waals surface area (Å²) in [5, 5.41) is 2.99. The van der Waals surface area contributed by atoms with Gasteiger partial charge in [-0.05, 0) is 30.4 Å². The number of urea groups is 1. The second-order valence-corrected chi connectivity index (χ2v) is 6.40. The number of amides is 3. The van der Waals surface area contributed by atoms with Crippen LogP contribution in [-0.4, -0.2) is 16.8 Å². The Kier molecular flexibility index (Phi) is 5.99. The largest absolute Gasteiger partial charge is 0.331 e. The Hall–Kier alpha value is -1.88. The van der Waals surface area contributed by atoms with Crippen LogP contribution in [0.25, 0.3) is 0 Å². The summed E-state index contributed by atoms with van der Waals surface area (Å²) in [4.78, 5) is 26.1. The van der Waals surface area contributed by atoms with Crippen LogP contribution < -0.4 is 11.1 Å². The highest BCUT2D eigenvalue weighted by Gasteiger charge is 2.52. The molecule has 0 aromatic heterocycles. The standard InChI is InChI=1S/C19H28N3O2/c1-4-7-16(15-10-8-14(12-20)9-11-15)21-18(24)22-13-19(5-2,6-3)17(22)23/h8-11,13,16H,4-7,12,20H2,1-3H3,(H,21,24). The van der Waals surface area contributed by atoms with Crippen molar-refractivity contribution in [1.29, 1.82) is 0 Å². The number of rotatable bonds is 7. The van der Waals surface area contributed by atoms with Crippen LogP contribution in [0.15, 0.2) is 24.3 Å². The third-order valence-corrected chi connectivity index (χ3v) is 4.99. The number of β-lactam (4-membered cyclic amide) rings is 1. The Morgan fingerprint density at radius 2 is 1.83 bits per heavy atom. The number of carbonyl (C=O) groups excluding carboxylic acids is 2. The van der Waals surface area contributed by atoms with Crippen LogP contribution in [0.2, 0.25) is 0 Å². The lowest BCUT2D eigenvalue weighted by Crippen LogP contribution is -2.61. The summed E-state index contributed by atoms with van der Waals surface area (Å²) in [5.74, 6) is -0.0984. The van der Waals surface area contributed by atoms with E-state index in [1.165, 1.54) is 4.90 Å². The molecule has 0 saturated carbocycles. The number of hydrogen-bond acceptors (Lipinski definition) is 3. The van der Waals surface area contributed by atoms with Gasteiger partial charge in [0, 0.05) is 6.54 Å². The second-order valence-electron chi connectivity index (χ2n) is 6.40. The Morgan fingerprint density at radius 1 is 1.21 bits per heavy atom. The van der Waals surface area contributed by atoms with E-state index < -0.39 is 5.41 Å². The van der Waals surface area contributed by atoms with Gasteiger partial charge in [0.05, 0.1) is 18.0 Å². The molecule has 3 N–H and O–H groups in total. The Morgan fingerprint density at radius 3 is 2.29 bits per heavy atom. The summed E-state index contributed by atoms with van der Waals surface area (Å²) in [6.07, 6.45) is 3.22. The van der Waals surface area contributed by atoms with E-state index in [1.807, 2.05) is 38.1 Å². The van der Waals surface area contributed by atoms with Crippen molar-refractivity contribution in [2.75, 3.05) is 0 Å². The Labute approximate surface area is 144 Å². The molecule has 1 aliphatic rings. The molecule has 1 atom stereocenters. The van der Waals surface area contributed by atoms with Crippen molar-refractivity contribution in [2.24, 2.45) is 11.1 Å². The lowest BCUT2D eigenvalue weighted by atomic mass is 9.74. The predicted octanol–water partition coefficient (Wildman–Crippen LogP) is 3.51. The van der Waals surface area contributed by atoms with Crippen LogP contribution in [0.5, 0.6) is 0 Å². The van der Waals surface area contributed by atoms with Crippen molar-refractivity contribution in [3.8, 4) is 0 Å². The minimum Gasteiger partial charge on any atom is -0.331 e. The first-order valence-corrected chi connectivity index (χ1v) is 8.80. The molecule has 0 aliphatic carbocycles. The van der Waals surface area contributed by atoms with E-state index >= 15 is 0 Å². The van der Waals surface area contributed by atoms with Crippen molar-refractivity contribution < 1.29 is 9.59 Å². The monoisotopic (exact) mass is 330 g/mol. The second kappa shape index (κ2) is 7.79. The van der Waals surface area contributed by atoms with Crippen molar-refractivity contribution in [3.05, 3.63) is 41.9 Å². The van der Waals surface area contributed by atoms with E-state index in [-0.39, 0.29) is 18.0 Å². The quantitative estimate of drug-likeness (QED) is 0.751. The SMILES string of the molecule is CCCC(NC(=O)N1[CH]C(CC)(CC)C1=O)c1ccc(CN)cc1. The number of nitrogens with one attached hydrogen (secondary N) is 1. The smallest absolute Gasteiger partial charge is 0.324 e. The molecule has 1 heterocycles. The van der Waals surface area contributed by atoms with E-state index in [9.17, 15) is 9.59 Å². The van der Waals surface area contributed by atoms with Crippen molar-refractivity contribution >= 4 is 11.9 Å². The molecule has 1 saturated heterocycles. The number of hydrogen-bond donors (Lipinski definition) is 2. The molecule has 24 heavy (non-hydrogen) atoms. The molecule has 1 aliphatic heterocycles. The van der Waals surface area contributed by atoms with Crippen LogP contribution in [0.4, 0.5) is 4.79 Å². The van der Waals surface area contributed by atoms with Gasteiger partial charge < -0.3 is 11.1 Å². The van der Waals surface area contributed by atoms with Gasteiger partial charge in [-0.3, -0.25) is 9.69 Å². The molecule has 1 radical (unpaired) electrons. The summed E-state index contributed by atoms with van der Waals surface area (Å²) in [7, 11) is 0. The molecule has 1 aromatic rings. The van der Waals surface area contributed by atoms with Crippen LogP contribution in [0, 0.1) is 12.0 Å². The normalized spacial score (nSPS) is 17.3. The summed E-state index contributed by atoms with van der Waals surface area (Å²) >= 11 is 0. The van der Waals surface area contributed by atoms with Crippen molar-refractivity contribution in [3.63, 3.8) is 0 Å². The summed E-state index contributed by atoms with van der Waals surface area (Å²) in [6.45, 7) is 8.30. The Balaban J connectivity index is 2.05. The zero-order valence-electron chi connectivity index (χ0n) is 14.8. The number of likely N-dealkylation sites (tertiary alicyclic amines) is 1. The maximum absolute atomic E-state index is 12.5. The first-order chi connectivity index (χ1) is 11.5. The van der Waals surface area contributed by atoms with Gasteiger partial charge in [0.2, 0.25) is 5.91 Å². The van der Waals surface area contributed by atoms with Crippen LogP contribution in [0.3, 0.4) is 0 Å². The molecule has 0 spiro atoms.